The second-order valence-electron chi connectivity index (χ2n) is 31.5. The Morgan fingerprint density at radius 1 is 0.404 bits per heavy atom. The lowest BCUT2D eigenvalue weighted by Gasteiger charge is -2.49. The van der Waals surface area contributed by atoms with Crippen molar-refractivity contribution in [3.8, 4) is 45.3 Å². The average molecular weight is 1400 g/mol. The zero-order chi connectivity index (χ0) is 72.2. The molecule has 0 radical (unpaired) electrons. The van der Waals surface area contributed by atoms with Crippen LogP contribution in [0.4, 0.5) is 62.6 Å². The number of benzene rings is 13. The number of ether oxygens (including phenoxy) is 2. The summed E-state index contributed by atoms with van der Waals surface area (Å²) in [5.74, 6) is 3.52. The zero-order valence-corrected chi connectivity index (χ0v) is 61.2. The van der Waals surface area contributed by atoms with Crippen molar-refractivity contribution in [3.05, 3.63) is 391 Å². The Morgan fingerprint density at radius 2 is 0.972 bits per heavy atom. The molecule has 0 saturated heterocycles. The Morgan fingerprint density at radius 3 is 1.64 bits per heavy atom. The van der Waals surface area contributed by atoms with E-state index in [1.807, 2.05) is 0 Å². The maximum absolute atomic E-state index is 8.28. The van der Waals surface area contributed by atoms with Gasteiger partial charge in [0, 0.05) is 104 Å². The van der Waals surface area contributed by atoms with E-state index in [0.29, 0.717) is 0 Å². The molecule has 0 fully saturated rings. The summed E-state index contributed by atoms with van der Waals surface area (Å²) in [7, 11) is 0. The first-order chi connectivity index (χ1) is 53.7. The molecular weight excluding hydrogens is 1320 g/mol. The van der Waals surface area contributed by atoms with Crippen LogP contribution in [0.15, 0.2) is 363 Å². The Labute approximate surface area is 638 Å². The van der Waals surface area contributed by atoms with E-state index in [1.165, 1.54) is 83.6 Å². The van der Waals surface area contributed by atoms with Gasteiger partial charge in [-0.15, -0.1) is 0 Å². The van der Waals surface area contributed by atoms with Gasteiger partial charge in [-0.1, -0.05) is 276 Å². The smallest absolute Gasteiger partial charge is 0.256 e. The minimum absolute atomic E-state index is 0.0565. The molecule has 2 unspecified atom stereocenters. The number of fused-ring (bicyclic) bond motifs is 17. The predicted molar refractivity (Wildman–Crippen MR) is 454 cm³/mol. The molecule has 5 heterocycles. The van der Waals surface area contributed by atoms with Crippen molar-refractivity contribution < 1.29 is 9.47 Å². The lowest BCUT2D eigenvalue weighted by molar-refractivity contribution is 0.437. The standard InChI is InChI=1S/C101H76B2N4O2/c1-100(2,3)68-57-90-97-91(58-68)107(99-74(66-35-12-5-13-36-66)48-32-49-75(99)67-37-14-6-15-38-67)89-64-95-81(62-85(89)102(97)82-52-27-30-55-87(82)105(90)70-41-18-8-19-42-70)101(78-50-25-22-46-76(78)77-47-23-26-51-79(77)101)80-61-84-88(63-94(80)109-95)106(71-43-20-9-21-44-71)92-59-72(60-96-98(92)103(84)83-53-28-31-56-93(83)108-96)104(69-39-16-7-17-40-69)86-54-29-24-45-73(86)65-33-10-4-11-34-65/h4-5,7-14,16-35,37-48,50-64,66,75H,6,15,36,49H2,1-3H3. The van der Waals surface area contributed by atoms with Crippen molar-refractivity contribution in [3.63, 3.8) is 0 Å². The quantitative estimate of drug-likeness (QED) is 0.134. The first-order valence-corrected chi connectivity index (χ1v) is 38.8. The van der Waals surface area contributed by atoms with Crippen LogP contribution in [-0.4, -0.2) is 13.4 Å². The molecule has 9 aliphatic rings. The summed E-state index contributed by atoms with van der Waals surface area (Å²) < 4.78 is 15.7. The monoisotopic (exact) mass is 1400 g/mol. The second-order valence-corrected chi connectivity index (χ2v) is 31.5. The van der Waals surface area contributed by atoms with Crippen LogP contribution >= 0.6 is 0 Å². The molecule has 13 aromatic carbocycles. The van der Waals surface area contributed by atoms with Crippen LogP contribution in [0.1, 0.15) is 74.3 Å². The van der Waals surface area contributed by atoms with Crippen LogP contribution in [0.25, 0.3) is 22.3 Å². The first-order valence-electron chi connectivity index (χ1n) is 38.8. The summed E-state index contributed by atoms with van der Waals surface area (Å²) in [6, 6.07) is 109. The van der Waals surface area contributed by atoms with Crippen LogP contribution in [0, 0.1) is 11.8 Å². The van der Waals surface area contributed by atoms with Gasteiger partial charge in [0.05, 0.1) is 16.8 Å². The van der Waals surface area contributed by atoms with E-state index in [-0.39, 0.29) is 30.7 Å². The van der Waals surface area contributed by atoms with Crippen molar-refractivity contribution in [2.45, 2.75) is 57.3 Å². The molecule has 0 amide bonds. The maximum Gasteiger partial charge on any atom is 0.256 e. The third-order valence-corrected chi connectivity index (χ3v) is 24.6. The maximum atomic E-state index is 8.28. The number of rotatable bonds is 9. The molecule has 22 rings (SSSR count). The van der Waals surface area contributed by atoms with Crippen LogP contribution in [-0.2, 0) is 10.8 Å². The highest BCUT2D eigenvalue weighted by Crippen LogP contribution is 2.64. The van der Waals surface area contributed by atoms with Crippen molar-refractivity contribution in [1.82, 2.24) is 0 Å². The van der Waals surface area contributed by atoms with E-state index in [9.17, 15) is 0 Å². The van der Waals surface area contributed by atoms with E-state index in [2.05, 4.69) is 386 Å². The molecular formula is C101H76B2N4O2. The first kappa shape index (κ1) is 63.5. The molecule has 4 aliphatic carbocycles. The van der Waals surface area contributed by atoms with E-state index in [0.717, 1.165) is 127 Å². The van der Waals surface area contributed by atoms with E-state index in [1.54, 1.807) is 0 Å². The fourth-order valence-electron chi connectivity index (χ4n) is 19.9. The van der Waals surface area contributed by atoms with Gasteiger partial charge in [-0.2, -0.15) is 0 Å². The van der Waals surface area contributed by atoms with Crippen molar-refractivity contribution in [2.24, 2.45) is 11.8 Å². The van der Waals surface area contributed by atoms with Gasteiger partial charge < -0.3 is 29.1 Å². The average Bonchev–Trinajstić information content (AvgIpc) is 1.66. The molecule has 8 heteroatoms. The molecule has 2 atom stereocenters. The van der Waals surface area contributed by atoms with Crippen molar-refractivity contribution in [2.75, 3.05) is 19.6 Å². The molecule has 1 spiro atoms. The molecule has 6 nitrogen and oxygen atoms in total. The van der Waals surface area contributed by atoms with Gasteiger partial charge in [-0.05, 0) is 181 Å². The summed E-state index contributed by atoms with van der Waals surface area (Å²) >= 11 is 0. The van der Waals surface area contributed by atoms with Gasteiger partial charge in [0.15, 0.2) is 0 Å². The number of hydrogen-bond donors (Lipinski definition) is 0. The van der Waals surface area contributed by atoms with Crippen LogP contribution in [0.5, 0.6) is 23.0 Å². The Hall–Kier alpha value is -12.8. The van der Waals surface area contributed by atoms with Gasteiger partial charge in [0.2, 0.25) is 0 Å². The van der Waals surface area contributed by atoms with E-state index in [4.69, 9.17) is 9.47 Å². The highest BCUT2D eigenvalue weighted by molar-refractivity contribution is 7.00. The SMILES string of the molecule is CC(C)(C)c1cc2c3c(c1)N(c1ccccc1)c1ccccc1B3c1cc3c(cc1N2C1=C(C2C=CC=CC2)C=CCC1C1=CCCC=C1)Oc1cc2c(cc1C31c3ccccc3-c3ccccc31)B1c3ccccc3Oc3cc(N(c4ccccc4)c4ccccc4-c4ccccc4)cc(c31)N2c1ccccc1. The van der Waals surface area contributed by atoms with E-state index < -0.39 is 5.41 Å². The lowest BCUT2D eigenvalue weighted by Crippen LogP contribution is -2.62. The molecule has 0 N–H and O–H groups in total. The number of para-hydroxylation sites is 6. The van der Waals surface area contributed by atoms with Gasteiger partial charge in [0.25, 0.3) is 13.4 Å². The largest absolute Gasteiger partial charge is 0.458 e. The molecule has 0 aromatic heterocycles. The Balaban J connectivity index is 0.844. The number of hydrogen-bond acceptors (Lipinski definition) is 6. The van der Waals surface area contributed by atoms with Gasteiger partial charge in [-0.25, -0.2) is 0 Å². The summed E-state index contributed by atoms with van der Waals surface area (Å²) in [5.41, 5.74) is 33.0. The highest BCUT2D eigenvalue weighted by Gasteiger charge is 2.56. The number of anilines is 11. The lowest BCUT2D eigenvalue weighted by atomic mass is 9.33. The molecule has 13 aromatic rings. The van der Waals surface area contributed by atoms with Crippen molar-refractivity contribution >= 4 is 109 Å². The Bertz CT molecular complexity index is 6120. The second kappa shape index (κ2) is 24.6. The summed E-state index contributed by atoms with van der Waals surface area (Å²) in [4.78, 5) is 10.3. The fourth-order valence-corrected chi connectivity index (χ4v) is 19.9. The molecule has 0 saturated carbocycles. The van der Waals surface area contributed by atoms with Crippen LogP contribution < -0.4 is 61.9 Å². The van der Waals surface area contributed by atoms with Gasteiger partial charge in [-0.3, -0.25) is 0 Å². The normalized spacial score (nSPS) is 17.2. The minimum Gasteiger partial charge on any atom is -0.458 e. The van der Waals surface area contributed by atoms with Crippen LogP contribution in [0.2, 0.25) is 0 Å². The van der Waals surface area contributed by atoms with Gasteiger partial charge >= 0.3 is 0 Å². The number of nitrogens with zero attached hydrogens (tertiary/aromatic N) is 4. The number of allylic oxidation sites excluding steroid dienone is 11. The zero-order valence-electron chi connectivity index (χ0n) is 61.2. The van der Waals surface area contributed by atoms with Crippen LogP contribution in [0.3, 0.4) is 0 Å². The Kier molecular flexibility index (Phi) is 14.4. The predicted octanol–water partition coefficient (Wildman–Crippen LogP) is 22.0. The summed E-state index contributed by atoms with van der Waals surface area (Å²) in [6.45, 7) is 6.72. The third kappa shape index (κ3) is 9.56. The summed E-state index contributed by atoms with van der Waals surface area (Å²) in [5, 5.41) is 0. The summed E-state index contributed by atoms with van der Waals surface area (Å²) in [6.07, 6.45) is 25.5. The van der Waals surface area contributed by atoms with E-state index >= 15 is 0 Å². The topological polar surface area (TPSA) is 31.4 Å². The molecule has 109 heavy (non-hydrogen) atoms. The minimum atomic E-state index is -0.885. The molecule has 518 valence electrons. The highest BCUT2D eigenvalue weighted by atomic mass is 16.5. The third-order valence-electron chi connectivity index (χ3n) is 24.6. The fraction of sp³-hybridized carbons (Fsp3) is 0.109. The van der Waals surface area contributed by atoms with Gasteiger partial charge in [0.1, 0.15) is 23.0 Å². The molecule has 5 aliphatic heterocycles. The molecule has 0 bridgehead atoms. The van der Waals surface area contributed by atoms with Crippen molar-refractivity contribution in [1.29, 1.82) is 0 Å².